The summed E-state index contributed by atoms with van der Waals surface area (Å²) in [5.74, 6) is -0.326. The number of amides is 2. The van der Waals surface area contributed by atoms with Gasteiger partial charge < -0.3 is 29.8 Å². The summed E-state index contributed by atoms with van der Waals surface area (Å²) in [7, 11) is 1.37. The van der Waals surface area contributed by atoms with Crippen molar-refractivity contribution in [2.24, 2.45) is 5.16 Å². The third-order valence-corrected chi connectivity index (χ3v) is 15.8. The number of β-lactam (4-membered cyclic amide) rings is 1. The smallest absolute Gasteiger partial charge is 0.325 e. The second-order valence-electron chi connectivity index (χ2n) is 15.8. The van der Waals surface area contributed by atoms with E-state index in [1.165, 1.54) is 42.0 Å². The van der Waals surface area contributed by atoms with Crippen molar-refractivity contribution in [1.29, 1.82) is 0 Å². The Bertz CT molecular complexity index is 2430. The molecule has 5 aromatic carbocycles. The van der Waals surface area contributed by atoms with E-state index in [2.05, 4.69) is 52.2 Å². The summed E-state index contributed by atoms with van der Waals surface area (Å²) >= 11 is 4.29. The lowest BCUT2D eigenvalue weighted by Gasteiger charge is -2.54. The Balaban J connectivity index is 0.935. The molecule has 3 fully saturated rings. The number of aromatic nitrogens is 1. The minimum absolute atomic E-state index is 0.0157. The van der Waals surface area contributed by atoms with E-state index in [1.807, 2.05) is 115 Å². The number of esters is 1. The number of anilines is 1. The average Bonchev–Trinajstić information content (AvgIpc) is 4.07. The molecule has 14 heteroatoms. The van der Waals surface area contributed by atoms with Crippen LogP contribution in [0, 0.1) is 0 Å². The molecule has 4 heterocycles. The van der Waals surface area contributed by atoms with E-state index in [4.69, 9.17) is 19.3 Å². The number of benzene rings is 5. The molecule has 64 heavy (non-hydrogen) atoms. The Morgan fingerprint density at radius 2 is 1.44 bits per heavy atom. The van der Waals surface area contributed by atoms with Crippen LogP contribution in [0.3, 0.4) is 0 Å². The first-order valence-electron chi connectivity index (χ1n) is 21.2. The lowest BCUT2D eigenvalue weighted by atomic mass is 9.77. The molecule has 1 aromatic heterocycles. The van der Waals surface area contributed by atoms with Gasteiger partial charge in [0.05, 0.1) is 6.10 Å². The SMILES string of the molecule is CON=C(C(=O)NC1C(=O)N2CC(SCC3CCCO3)(C(=O)OC(c3ccccc3)c3ccccc3)CS[C@H]12)c1csc(NC(c2ccccc2)(c2ccccc2)c2ccccc2)n1. The molecule has 0 radical (unpaired) electrons. The van der Waals surface area contributed by atoms with Crippen LogP contribution in [0.2, 0.25) is 0 Å². The molecule has 6 aromatic rings. The molecule has 0 spiro atoms. The summed E-state index contributed by atoms with van der Waals surface area (Å²) in [6, 6.07) is 49.0. The van der Waals surface area contributed by atoms with Crippen LogP contribution in [0.4, 0.5) is 5.13 Å². The average molecular weight is 910 g/mol. The molecule has 9 rings (SSSR count). The van der Waals surface area contributed by atoms with Crippen LogP contribution < -0.4 is 10.6 Å². The quantitative estimate of drug-likeness (QED) is 0.0322. The number of hydrogen-bond donors (Lipinski definition) is 2. The Labute approximate surface area is 385 Å². The van der Waals surface area contributed by atoms with Gasteiger partial charge in [-0.15, -0.1) is 34.9 Å². The molecule has 11 nitrogen and oxygen atoms in total. The van der Waals surface area contributed by atoms with Gasteiger partial charge in [-0.2, -0.15) is 0 Å². The van der Waals surface area contributed by atoms with Crippen molar-refractivity contribution in [2.45, 2.75) is 46.8 Å². The summed E-state index contributed by atoms with van der Waals surface area (Å²) in [6.07, 6.45) is 1.26. The monoisotopic (exact) mass is 909 g/mol. The fourth-order valence-corrected chi connectivity index (χ4v) is 12.4. The number of nitrogens with zero attached hydrogens (tertiary/aromatic N) is 3. The first-order valence-corrected chi connectivity index (χ1v) is 24.1. The molecule has 326 valence electrons. The number of thiazole rings is 1. The number of carbonyl (C=O) groups excluding carboxylic acids is 3. The fourth-order valence-electron chi connectivity index (χ4n) is 8.54. The lowest BCUT2D eigenvalue weighted by Crippen LogP contribution is -2.75. The number of hydrogen-bond acceptors (Lipinski definition) is 12. The minimum Gasteiger partial charge on any atom is -0.451 e. The topological polar surface area (TPSA) is 131 Å². The molecular formula is C50H47N5O6S3. The van der Waals surface area contributed by atoms with Crippen LogP contribution in [0.5, 0.6) is 0 Å². The van der Waals surface area contributed by atoms with Gasteiger partial charge in [-0.25, -0.2) is 4.98 Å². The summed E-state index contributed by atoms with van der Waals surface area (Å²) in [6.45, 7) is 0.826. The zero-order valence-electron chi connectivity index (χ0n) is 35.1. The maximum absolute atomic E-state index is 14.6. The van der Waals surface area contributed by atoms with Crippen molar-refractivity contribution in [3.8, 4) is 0 Å². The number of carbonyl (C=O) groups is 3. The van der Waals surface area contributed by atoms with E-state index < -0.39 is 39.7 Å². The second-order valence-corrected chi connectivity index (χ2v) is 19.2. The van der Waals surface area contributed by atoms with Gasteiger partial charge in [0.1, 0.15) is 34.5 Å². The van der Waals surface area contributed by atoms with Crippen molar-refractivity contribution in [3.05, 3.63) is 191 Å². The van der Waals surface area contributed by atoms with Crippen LogP contribution >= 0.6 is 34.9 Å². The van der Waals surface area contributed by atoms with Gasteiger partial charge in [0.2, 0.25) is 5.91 Å². The van der Waals surface area contributed by atoms with E-state index in [1.54, 1.807) is 10.3 Å². The van der Waals surface area contributed by atoms with E-state index >= 15 is 0 Å². The maximum Gasteiger partial charge on any atom is 0.325 e. The minimum atomic E-state index is -1.07. The Kier molecular flexibility index (Phi) is 13.2. The Morgan fingerprint density at radius 3 is 1.97 bits per heavy atom. The third kappa shape index (κ3) is 8.79. The molecule has 2 amide bonds. The van der Waals surface area contributed by atoms with Gasteiger partial charge in [0.15, 0.2) is 16.9 Å². The molecule has 3 unspecified atom stereocenters. The molecule has 2 N–H and O–H groups in total. The number of ether oxygens (including phenoxy) is 2. The first kappa shape index (κ1) is 43.3. The van der Waals surface area contributed by atoms with Gasteiger partial charge in [0, 0.05) is 30.0 Å². The van der Waals surface area contributed by atoms with Gasteiger partial charge in [-0.1, -0.05) is 157 Å². The zero-order valence-corrected chi connectivity index (χ0v) is 37.5. The summed E-state index contributed by atoms with van der Waals surface area (Å²) in [5.41, 5.74) is 4.08. The number of fused-ring (bicyclic) bond motifs is 1. The highest BCUT2D eigenvalue weighted by atomic mass is 32.2. The van der Waals surface area contributed by atoms with Crippen molar-refractivity contribution in [2.75, 3.05) is 37.1 Å². The molecule has 4 atom stereocenters. The normalized spacial score (nSPS) is 20.8. The lowest BCUT2D eigenvalue weighted by molar-refractivity contribution is -0.155. The van der Waals surface area contributed by atoms with Gasteiger partial charge in [0.25, 0.3) is 5.91 Å². The summed E-state index contributed by atoms with van der Waals surface area (Å²) in [4.78, 5) is 54.6. The Hall–Kier alpha value is -5.93. The zero-order chi connectivity index (χ0) is 43.9. The molecule has 0 aliphatic carbocycles. The highest BCUT2D eigenvalue weighted by Crippen LogP contribution is 2.46. The number of oxime groups is 1. The van der Waals surface area contributed by atoms with E-state index in [9.17, 15) is 14.4 Å². The van der Waals surface area contributed by atoms with Crippen molar-refractivity contribution in [1.82, 2.24) is 15.2 Å². The molecule has 3 saturated heterocycles. The Morgan fingerprint density at radius 1 is 0.875 bits per heavy atom. The fraction of sp³-hybridized carbons (Fsp3) is 0.260. The second kappa shape index (κ2) is 19.4. The predicted molar refractivity (Wildman–Crippen MR) is 253 cm³/mol. The van der Waals surface area contributed by atoms with E-state index in [0.717, 1.165) is 40.7 Å². The van der Waals surface area contributed by atoms with Gasteiger partial charge in [-0.3, -0.25) is 14.4 Å². The summed E-state index contributed by atoms with van der Waals surface area (Å²) < 4.78 is 11.4. The molecular weight excluding hydrogens is 863 g/mol. The van der Waals surface area contributed by atoms with Crippen molar-refractivity contribution < 1.29 is 28.7 Å². The van der Waals surface area contributed by atoms with Crippen LogP contribution in [0.25, 0.3) is 0 Å². The van der Waals surface area contributed by atoms with Crippen LogP contribution in [-0.2, 0) is 34.2 Å². The third-order valence-electron chi connectivity index (χ3n) is 11.8. The number of thioether (sulfide) groups is 2. The first-order chi connectivity index (χ1) is 31.4. The van der Waals surface area contributed by atoms with E-state index in [-0.39, 0.29) is 30.0 Å². The number of rotatable bonds is 16. The standard InChI is InChI=1S/C50H47N5O6S3/c1-59-54-41(40-31-62-48(51-40)53-50(36-22-11-4-12-23-36,37-24-13-5-14-25-37)38-26-15-6-16-27-38)44(56)52-42-45(57)55-32-49(33-63-46(42)55,64-30-39-28-17-29-60-39)47(58)61-43(34-18-7-2-8-19-34)35-20-9-3-10-21-35/h2-16,18-27,31,39,42-43,46H,17,28-30,32-33H2,1H3,(H,51,53)(H,52,56)/t39?,42?,46-,49?/m1/s1. The predicted octanol–water partition coefficient (Wildman–Crippen LogP) is 8.28. The van der Waals surface area contributed by atoms with Crippen LogP contribution in [0.15, 0.2) is 162 Å². The van der Waals surface area contributed by atoms with Gasteiger partial charge >= 0.3 is 5.97 Å². The number of nitrogens with one attached hydrogen (secondary N) is 2. The summed E-state index contributed by atoms with van der Waals surface area (Å²) in [5, 5.41) is 12.7. The molecule has 0 saturated carbocycles. The van der Waals surface area contributed by atoms with Crippen molar-refractivity contribution in [3.63, 3.8) is 0 Å². The maximum atomic E-state index is 14.6. The molecule has 0 bridgehead atoms. The highest BCUT2D eigenvalue weighted by Gasteiger charge is 2.59. The van der Waals surface area contributed by atoms with Crippen molar-refractivity contribution >= 4 is 63.5 Å². The molecule has 3 aliphatic heterocycles. The van der Waals surface area contributed by atoms with E-state index in [0.29, 0.717) is 23.2 Å². The van der Waals surface area contributed by atoms with Gasteiger partial charge in [-0.05, 0) is 40.7 Å². The highest BCUT2D eigenvalue weighted by molar-refractivity contribution is 8.05. The molecule has 3 aliphatic rings. The van der Waals surface area contributed by atoms with Crippen LogP contribution in [0.1, 0.15) is 52.5 Å². The largest absolute Gasteiger partial charge is 0.451 e. The van der Waals surface area contributed by atoms with Crippen LogP contribution in [-0.4, -0.2) is 87.4 Å².